The molecule has 24 heavy (non-hydrogen) atoms. The molecule has 128 valence electrons. The third-order valence-electron chi connectivity index (χ3n) is 5.27. The first-order valence-electron chi connectivity index (χ1n) is 8.74. The van der Waals surface area contributed by atoms with E-state index in [0.717, 1.165) is 49.3 Å². The molecule has 3 heterocycles. The van der Waals surface area contributed by atoms with Gasteiger partial charge < -0.3 is 9.88 Å². The van der Waals surface area contributed by atoms with Gasteiger partial charge in [0.05, 0.1) is 24.3 Å². The standard InChI is InChI=1S/C18H23FN4O/c19-10-13-9-18(24)23(11-13)14-5-7-22(8-6-14)12-17-20-15-3-1-2-4-16(15)21-17/h1-4,13-14H,5-12H2,(H,20,21). The monoisotopic (exact) mass is 330 g/mol. The van der Waals surface area contributed by atoms with E-state index in [0.29, 0.717) is 13.0 Å². The Bertz CT molecular complexity index is 690. The van der Waals surface area contributed by atoms with Gasteiger partial charge in [0.1, 0.15) is 5.82 Å². The number of H-pyrrole nitrogens is 1. The van der Waals surface area contributed by atoms with Crippen LogP contribution in [0.1, 0.15) is 25.1 Å². The van der Waals surface area contributed by atoms with E-state index in [1.807, 2.05) is 29.2 Å². The number of nitrogens with one attached hydrogen (secondary N) is 1. The van der Waals surface area contributed by atoms with Crippen LogP contribution in [-0.4, -0.2) is 58.0 Å². The van der Waals surface area contributed by atoms with Crippen LogP contribution in [0.5, 0.6) is 0 Å². The average molecular weight is 330 g/mol. The molecule has 1 aromatic heterocycles. The number of aromatic nitrogens is 2. The summed E-state index contributed by atoms with van der Waals surface area (Å²) in [5, 5.41) is 0. The number of hydrogen-bond donors (Lipinski definition) is 1. The molecule has 2 fully saturated rings. The predicted molar refractivity (Wildman–Crippen MR) is 90.2 cm³/mol. The van der Waals surface area contributed by atoms with Crippen LogP contribution in [0, 0.1) is 5.92 Å². The van der Waals surface area contributed by atoms with E-state index in [1.54, 1.807) is 0 Å². The smallest absolute Gasteiger partial charge is 0.223 e. The summed E-state index contributed by atoms with van der Waals surface area (Å²) in [5.41, 5.74) is 2.07. The number of imidazole rings is 1. The molecule has 0 aliphatic carbocycles. The van der Waals surface area contributed by atoms with Gasteiger partial charge in [-0.15, -0.1) is 0 Å². The fraction of sp³-hybridized carbons (Fsp3) is 0.556. The van der Waals surface area contributed by atoms with Crippen LogP contribution in [-0.2, 0) is 11.3 Å². The minimum Gasteiger partial charge on any atom is -0.341 e. The van der Waals surface area contributed by atoms with Crippen LogP contribution >= 0.6 is 0 Å². The lowest BCUT2D eigenvalue weighted by Crippen LogP contribution is -2.45. The molecule has 5 nitrogen and oxygen atoms in total. The van der Waals surface area contributed by atoms with E-state index < -0.39 is 0 Å². The fourth-order valence-corrected chi connectivity index (χ4v) is 3.95. The van der Waals surface area contributed by atoms with Crippen molar-refractivity contribution in [3.05, 3.63) is 30.1 Å². The molecule has 0 saturated carbocycles. The van der Waals surface area contributed by atoms with E-state index >= 15 is 0 Å². The SMILES string of the molecule is O=C1CC(CF)CN1C1CCN(Cc2nc3ccccc3[nH]2)CC1. The molecule has 1 aromatic carbocycles. The zero-order valence-electron chi connectivity index (χ0n) is 13.7. The Kier molecular flexibility index (Phi) is 4.22. The summed E-state index contributed by atoms with van der Waals surface area (Å²) in [6.45, 7) is 2.93. The second kappa shape index (κ2) is 6.51. The van der Waals surface area contributed by atoms with Crippen molar-refractivity contribution in [3.8, 4) is 0 Å². The van der Waals surface area contributed by atoms with Crippen molar-refractivity contribution in [2.75, 3.05) is 26.3 Å². The van der Waals surface area contributed by atoms with E-state index in [-0.39, 0.29) is 24.5 Å². The Morgan fingerprint density at radius 1 is 1.25 bits per heavy atom. The van der Waals surface area contributed by atoms with Gasteiger partial charge in [0.15, 0.2) is 0 Å². The van der Waals surface area contributed by atoms with Gasteiger partial charge in [-0.2, -0.15) is 0 Å². The molecular formula is C18H23FN4O. The lowest BCUT2D eigenvalue weighted by atomic mass is 10.0. The number of halogens is 1. The van der Waals surface area contributed by atoms with Crippen LogP contribution < -0.4 is 0 Å². The first kappa shape index (κ1) is 15.6. The van der Waals surface area contributed by atoms with Gasteiger partial charge in [-0.1, -0.05) is 12.1 Å². The van der Waals surface area contributed by atoms with Crippen molar-refractivity contribution in [3.63, 3.8) is 0 Å². The normalized spacial score (nSPS) is 23.5. The lowest BCUT2D eigenvalue weighted by Gasteiger charge is -2.36. The van der Waals surface area contributed by atoms with Crippen molar-refractivity contribution < 1.29 is 9.18 Å². The number of benzene rings is 1. The van der Waals surface area contributed by atoms with Gasteiger partial charge in [0, 0.05) is 38.0 Å². The zero-order valence-corrected chi connectivity index (χ0v) is 13.7. The lowest BCUT2D eigenvalue weighted by molar-refractivity contribution is -0.130. The highest BCUT2D eigenvalue weighted by Gasteiger charge is 2.35. The summed E-state index contributed by atoms with van der Waals surface area (Å²) in [6.07, 6.45) is 2.31. The predicted octanol–water partition coefficient (Wildman–Crippen LogP) is 2.35. The van der Waals surface area contributed by atoms with Gasteiger partial charge in [-0.05, 0) is 25.0 Å². The van der Waals surface area contributed by atoms with Crippen molar-refractivity contribution >= 4 is 16.9 Å². The number of carbonyl (C=O) groups excluding carboxylic acids is 1. The molecule has 2 aliphatic heterocycles. The molecule has 1 amide bonds. The van der Waals surface area contributed by atoms with E-state index in [2.05, 4.69) is 14.9 Å². The molecule has 0 radical (unpaired) electrons. The largest absolute Gasteiger partial charge is 0.341 e. The number of piperidine rings is 1. The highest BCUT2D eigenvalue weighted by Crippen LogP contribution is 2.26. The number of amides is 1. The van der Waals surface area contributed by atoms with Gasteiger partial charge in [-0.25, -0.2) is 4.98 Å². The highest BCUT2D eigenvalue weighted by molar-refractivity contribution is 5.79. The van der Waals surface area contributed by atoms with Gasteiger partial charge in [0.2, 0.25) is 5.91 Å². The summed E-state index contributed by atoms with van der Waals surface area (Å²) in [6, 6.07) is 8.34. The number of alkyl halides is 1. The number of para-hydroxylation sites is 2. The molecule has 6 heteroatoms. The minimum absolute atomic E-state index is 0.0916. The molecule has 0 spiro atoms. The third kappa shape index (κ3) is 3.02. The van der Waals surface area contributed by atoms with Crippen LogP contribution in [0.4, 0.5) is 4.39 Å². The summed E-state index contributed by atoms with van der Waals surface area (Å²) in [7, 11) is 0. The second-order valence-corrected chi connectivity index (χ2v) is 6.98. The average Bonchev–Trinajstić information content (AvgIpc) is 3.18. The first-order chi connectivity index (χ1) is 11.7. The molecule has 1 N–H and O–H groups in total. The molecule has 1 atom stereocenters. The van der Waals surface area contributed by atoms with Crippen molar-refractivity contribution in [1.29, 1.82) is 0 Å². The second-order valence-electron chi connectivity index (χ2n) is 6.98. The van der Waals surface area contributed by atoms with Crippen LogP contribution in [0.2, 0.25) is 0 Å². The summed E-state index contributed by atoms with van der Waals surface area (Å²) in [4.78, 5) is 24.3. The van der Waals surface area contributed by atoms with Crippen molar-refractivity contribution in [1.82, 2.24) is 19.8 Å². The fourth-order valence-electron chi connectivity index (χ4n) is 3.95. The molecule has 2 aliphatic rings. The summed E-state index contributed by atoms with van der Waals surface area (Å²) in [5.74, 6) is 1.03. The maximum absolute atomic E-state index is 12.8. The summed E-state index contributed by atoms with van der Waals surface area (Å²) >= 11 is 0. The van der Waals surface area contributed by atoms with Gasteiger partial charge >= 0.3 is 0 Å². The summed E-state index contributed by atoms with van der Waals surface area (Å²) < 4.78 is 12.8. The van der Waals surface area contributed by atoms with E-state index in [4.69, 9.17) is 0 Å². The number of hydrogen-bond acceptors (Lipinski definition) is 3. The number of carbonyl (C=O) groups is 1. The van der Waals surface area contributed by atoms with Gasteiger partial charge in [-0.3, -0.25) is 14.1 Å². The molecule has 2 aromatic rings. The highest BCUT2D eigenvalue weighted by atomic mass is 19.1. The van der Waals surface area contributed by atoms with Crippen molar-refractivity contribution in [2.24, 2.45) is 5.92 Å². The third-order valence-corrected chi connectivity index (χ3v) is 5.27. The van der Waals surface area contributed by atoms with Crippen LogP contribution in [0.3, 0.4) is 0 Å². The van der Waals surface area contributed by atoms with E-state index in [1.165, 1.54) is 0 Å². The Morgan fingerprint density at radius 3 is 2.75 bits per heavy atom. The minimum atomic E-state index is -0.382. The van der Waals surface area contributed by atoms with Gasteiger partial charge in [0.25, 0.3) is 0 Å². The number of fused-ring (bicyclic) bond motifs is 1. The number of nitrogens with zero attached hydrogens (tertiary/aromatic N) is 3. The van der Waals surface area contributed by atoms with Crippen LogP contribution in [0.25, 0.3) is 11.0 Å². The molecular weight excluding hydrogens is 307 g/mol. The zero-order chi connectivity index (χ0) is 16.5. The topological polar surface area (TPSA) is 52.2 Å². The van der Waals surface area contributed by atoms with Crippen molar-refractivity contribution in [2.45, 2.75) is 31.8 Å². The Balaban J connectivity index is 1.34. The maximum atomic E-state index is 12.8. The molecule has 0 bridgehead atoms. The quantitative estimate of drug-likeness (QED) is 0.936. The number of aromatic amines is 1. The maximum Gasteiger partial charge on any atom is 0.223 e. The Labute approximate surface area is 140 Å². The Hall–Kier alpha value is -1.95. The molecule has 4 rings (SSSR count). The molecule has 1 unspecified atom stereocenters. The first-order valence-corrected chi connectivity index (χ1v) is 8.74. The van der Waals surface area contributed by atoms with Crippen LogP contribution in [0.15, 0.2) is 24.3 Å². The molecule has 2 saturated heterocycles. The number of rotatable bonds is 4. The number of likely N-dealkylation sites (tertiary alicyclic amines) is 2. The Morgan fingerprint density at radius 2 is 2.04 bits per heavy atom. The van der Waals surface area contributed by atoms with E-state index in [9.17, 15) is 9.18 Å².